The zero-order chi connectivity index (χ0) is 23.2. The molecule has 0 atom stereocenters. The summed E-state index contributed by atoms with van der Waals surface area (Å²) in [5.41, 5.74) is 0.0506. The molecule has 1 aromatic rings. The maximum Gasteiger partial charge on any atom is 0.252 e. The topological polar surface area (TPSA) is 69.7 Å². The summed E-state index contributed by atoms with van der Waals surface area (Å²) in [5, 5.41) is 2.71. The molecule has 1 aromatic carbocycles. The molecule has 178 valence electrons. The number of nitrogens with zero attached hydrogens (tertiary/aromatic N) is 2. The predicted molar refractivity (Wildman–Crippen MR) is 122 cm³/mol. The highest BCUT2D eigenvalue weighted by atomic mass is 35.5. The molecule has 4 aliphatic carbocycles. The Morgan fingerprint density at radius 1 is 0.970 bits per heavy atom. The fourth-order valence-electron chi connectivity index (χ4n) is 7.08. The first-order valence-corrected chi connectivity index (χ1v) is 12.5. The lowest BCUT2D eigenvalue weighted by Crippen LogP contribution is -2.58. The Morgan fingerprint density at radius 2 is 1.55 bits per heavy atom. The van der Waals surface area contributed by atoms with Crippen LogP contribution in [-0.2, 0) is 9.59 Å². The van der Waals surface area contributed by atoms with E-state index in [-0.39, 0.29) is 34.9 Å². The number of amides is 3. The molecule has 4 saturated carbocycles. The highest BCUT2D eigenvalue weighted by molar-refractivity contribution is 6.33. The van der Waals surface area contributed by atoms with Crippen molar-refractivity contribution in [1.29, 1.82) is 0 Å². The first kappa shape index (κ1) is 22.6. The molecule has 8 heteroatoms. The third kappa shape index (κ3) is 4.48. The maximum atomic E-state index is 13.5. The van der Waals surface area contributed by atoms with Crippen LogP contribution in [0.1, 0.15) is 55.3 Å². The number of benzene rings is 1. The molecule has 6 nitrogen and oxygen atoms in total. The molecule has 0 unspecified atom stereocenters. The smallest absolute Gasteiger partial charge is 0.252 e. The van der Waals surface area contributed by atoms with Gasteiger partial charge in [0.25, 0.3) is 5.91 Å². The number of nitrogens with one attached hydrogen (secondary N) is 1. The van der Waals surface area contributed by atoms with Crippen molar-refractivity contribution in [3.8, 4) is 0 Å². The van der Waals surface area contributed by atoms with Gasteiger partial charge in [-0.2, -0.15) is 0 Å². The maximum absolute atomic E-state index is 13.5. The molecule has 33 heavy (non-hydrogen) atoms. The standard InChI is InChI=1S/C25H31ClFN3O3/c26-21-12-19(27)1-2-20(21)23(32)28-4-3-22(31)29-5-7-30(8-6-29)24(33)25-13-16-9-17(14-25)11-18(10-16)15-25/h1-2,12,16-18H,3-11,13-15H2,(H,28,32). The number of halogens is 2. The van der Waals surface area contributed by atoms with Crippen molar-refractivity contribution in [1.82, 2.24) is 15.1 Å². The average molecular weight is 476 g/mol. The Labute approximate surface area is 198 Å². The molecule has 1 aliphatic heterocycles. The lowest BCUT2D eigenvalue weighted by Gasteiger charge is -2.57. The summed E-state index contributed by atoms with van der Waals surface area (Å²) in [6, 6.07) is 3.59. The van der Waals surface area contributed by atoms with Crippen molar-refractivity contribution in [3.63, 3.8) is 0 Å². The second kappa shape index (κ2) is 8.90. The molecule has 5 aliphatic rings. The number of piperazine rings is 1. The number of carbonyl (C=O) groups excluding carboxylic acids is 3. The third-order valence-electron chi connectivity index (χ3n) is 8.21. The number of hydrogen-bond donors (Lipinski definition) is 1. The van der Waals surface area contributed by atoms with Gasteiger partial charge in [0.2, 0.25) is 11.8 Å². The monoisotopic (exact) mass is 475 g/mol. The van der Waals surface area contributed by atoms with E-state index >= 15 is 0 Å². The van der Waals surface area contributed by atoms with Crippen molar-refractivity contribution in [2.45, 2.75) is 44.9 Å². The van der Waals surface area contributed by atoms with Gasteiger partial charge in [-0.05, 0) is 74.5 Å². The number of rotatable bonds is 5. The van der Waals surface area contributed by atoms with Gasteiger partial charge < -0.3 is 15.1 Å². The van der Waals surface area contributed by atoms with Crippen LogP contribution in [0.5, 0.6) is 0 Å². The molecular formula is C25H31ClFN3O3. The summed E-state index contributed by atoms with van der Waals surface area (Å²) in [6.45, 7) is 2.43. The molecule has 5 fully saturated rings. The molecular weight excluding hydrogens is 445 g/mol. The fraction of sp³-hybridized carbons (Fsp3) is 0.640. The molecule has 1 saturated heterocycles. The molecule has 6 rings (SSSR count). The van der Waals surface area contributed by atoms with Crippen molar-refractivity contribution in [2.75, 3.05) is 32.7 Å². The van der Waals surface area contributed by atoms with Crippen LogP contribution in [-0.4, -0.2) is 60.2 Å². The van der Waals surface area contributed by atoms with Gasteiger partial charge in [0, 0.05) is 39.1 Å². The minimum absolute atomic E-state index is 0.0394. The summed E-state index contributed by atoms with van der Waals surface area (Å²) >= 11 is 5.92. The van der Waals surface area contributed by atoms with E-state index in [1.807, 2.05) is 4.90 Å². The van der Waals surface area contributed by atoms with Crippen LogP contribution >= 0.6 is 11.6 Å². The lowest BCUT2D eigenvalue weighted by atomic mass is 9.49. The summed E-state index contributed by atoms with van der Waals surface area (Å²) in [4.78, 5) is 42.1. The first-order valence-electron chi connectivity index (χ1n) is 12.1. The van der Waals surface area contributed by atoms with Gasteiger partial charge in [0.15, 0.2) is 0 Å². The van der Waals surface area contributed by atoms with E-state index in [1.54, 1.807) is 4.90 Å². The van der Waals surface area contributed by atoms with E-state index in [0.717, 1.165) is 43.1 Å². The van der Waals surface area contributed by atoms with Gasteiger partial charge in [-0.1, -0.05) is 11.6 Å². The van der Waals surface area contributed by atoms with Crippen molar-refractivity contribution in [2.24, 2.45) is 23.2 Å². The number of hydrogen-bond acceptors (Lipinski definition) is 3. The van der Waals surface area contributed by atoms with Crippen molar-refractivity contribution >= 4 is 29.3 Å². The Balaban J connectivity index is 1.08. The van der Waals surface area contributed by atoms with Crippen LogP contribution in [0.25, 0.3) is 0 Å². The van der Waals surface area contributed by atoms with Crippen LogP contribution in [0.2, 0.25) is 5.02 Å². The Hall–Kier alpha value is -2.15. The van der Waals surface area contributed by atoms with Gasteiger partial charge in [-0.3, -0.25) is 14.4 Å². The lowest BCUT2D eigenvalue weighted by molar-refractivity contribution is -0.160. The second-order valence-corrected chi connectivity index (χ2v) is 10.9. The second-order valence-electron chi connectivity index (χ2n) is 10.5. The van der Waals surface area contributed by atoms with E-state index in [9.17, 15) is 18.8 Å². The summed E-state index contributed by atoms with van der Waals surface area (Å²) in [6.07, 6.45) is 7.32. The molecule has 0 spiro atoms. The van der Waals surface area contributed by atoms with E-state index in [1.165, 1.54) is 31.4 Å². The Morgan fingerprint density at radius 3 is 2.12 bits per heavy atom. The highest BCUT2D eigenvalue weighted by Gasteiger charge is 2.55. The van der Waals surface area contributed by atoms with Gasteiger partial charge in [-0.25, -0.2) is 4.39 Å². The van der Waals surface area contributed by atoms with E-state index in [0.29, 0.717) is 32.1 Å². The minimum atomic E-state index is -0.507. The van der Waals surface area contributed by atoms with E-state index in [4.69, 9.17) is 11.6 Å². The van der Waals surface area contributed by atoms with E-state index < -0.39 is 11.7 Å². The van der Waals surface area contributed by atoms with E-state index in [2.05, 4.69) is 5.32 Å². The molecule has 0 radical (unpaired) electrons. The van der Waals surface area contributed by atoms with Crippen LogP contribution in [0.3, 0.4) is 0 Å². The molecule has 1 heterocycles. The van der Waals surface area contributed by atoms with Gasteiger partial charge in [0.05, 0.1) is 16.0 Å². The van der Waals surface area contributed by atoms with Crippen molar-refractivity contribution in [3.05, 3.63) is 34.6 Å². The molecule has 1 N–H and O–H groups in total. The number of carbonyl (C=O) groups is 3. The van der Waals surface area contributed by atoms with Crippen LogP contribution in [0.4, 0.5) is 4.39 Å². The SMILES string of the molecule is O=C(NCCC(=O)N1CCN(C(=O)C23CC4CC(CC(C4)C2)C3)CC1)c1ccc(F)cc1Cl. The quantitative estimate of drug-likeness (QED) is 0.708. The first-order chi connectivity index (χ1) is 15.8. The molecule has 3 amide bonds. The Kier molecular flexibility index (Phi) is 6.10. The normalized spacial score (nSPS) is 30.4. The van der Waals surface area contributed by atoms with Crippen LogP contribution < -0.4 is 5.32 Å². The summed E-state index contributed by atoms with van der Waals surface area (Å²) in [5.74, 6) is 1.57. The van der Waals surface area contributed by atoms with Gasteiger partial charge in [0.1, 0.15) is 5.82 Å². The summed E-state index contributed by atoms with van der Waals surface area (Å²) in [7, 11) is 0. The highest BCUT2D eigenvalue weighted by Crippen LogP contribution is 2.60. The van der Waals surface area contributed by atoms with Gasteiger partial charge >= 0.3 is 0 Å². The predicted octanol–water partition coefficient (Wildman–Crippen LogP) is 3.49. The molecule has 4 bridgehead atoms. The third-order valence-corrected chi connectivity index (χ3v) is 8.52. The van der Waals surface area contributed by atoms with Crippen LogP contribution in [0, 0.1) is 29.0 Å². The largest absolute Gasteiger partial charge is 0.351 e. The van der Waals surface area contributed by atoms with Crippen molar-refractivity contribution < 1.29 is 18.8 Å². The summed E-state index contributed by atoms with van der Waals surface area (Å²) < 4.78 is 13.1. The zero-order valence-corrected chi connectivity index (χ0v) is 19.6. The van der Waals surface area contributed by atoms with Crippen LogP contribution in [0.15, 0.2) is 18.2 Å². The minimum Gasteiger partial charge on any atom is -0.351 e. The van der Waals surface area contributed by atoms with Gasteiger partial charge in [-0.15, -0.1) is 0 Å². The Bertz CT molecular complexity index is 925. The molecule has 0 aromatic heterocycles. The fourth-order valence-corrected chi connectivity index (χ4v) is 7.33. The zero-order valence-electron chi connectivity index (χ0n) is 18.8. The average Bonchev–Trinajstić information content (AvgIpc) is 2.77.